The normalized spacial score (nSPS) is 17.0. The molecule has 1 N–H and O–H groups in total. The topological polar surface area (TPSA) is 49.8 Å². The van der Waals surface area contributed by atoms with E-state index in [0.29, 0.717) is 18.7 Å². The van der Waals surface area contributed by atoms with Crippen molar-refractivity contribution in [2.45, 2.75) is 32.4 Å². The van der Waals surface area contributed by atoms with E-state index in [1.165, 1.54) is 0 Å². The summed E-state index contributed by atoms with van der Waals surface area (Å²) in [6, 6.07) is 14.8. The van der Waals surface area contributed by atoms with Crippen LogP contribution in [0.2, 0.25) is 0 Å². The Kier molecular flexibility index (Phi) is 5.16. The van der Waals surface area contributed by atoms with E-state index in [0.717, 1.165) is 30.6 Å². The summed E-state index contributed by atoms with van der Waals surface area (Å²) in [6.45, 7) is 3.62. The zero-order valence-electron chi connectivity index (χ0n) is 13.9. The molecule has 0 aliphatic carbocycles. The van der Waals surface area contributed by atoms with E-state index in [9.17, 15) is 9.90 Å². The number of hydrogen-bond donors (Lipinski definition) is 1. The van der Waals surface area contributed by atoms with Crippen LogP contribution in [-0.2, 0) is 11.3 Å². The number of aryl methyl sites for hydroxylation is 1. The smallest absolute Gasteiger partial charge is 0.254 e. The molecule has 1 fully saturated rings. The van der Waals surface area contributed by atoms with Gasteiger partial charge in [-0.05, 0) is 37.5 Å². The number of carbonyl (C=O) groups is 1. The summed E-state index contributed by atoms with van der Waals surface area (Å²) < 4.78 is 5.71. The van der Waals surface area contributed by atoms with Crippen LogP contribution < -0.4 is 0 Å². The van der Waals surface area contributed by atoms with Gasteiger partial charge >= 0.3 is 0 Å². The first-order valence-corrected chi connectivity index (χ1v) is 8.38. The molecule has 4 nitrogen and oxygen atoms in total. The SMILES string of the molecule is Cc1ccccc1C(=O)N(Cc1ccccc1O)CC1CCCO1. The molecule has 0 radical (unpaired) electrons. The van der Waals surface area contributed by atoms with Crippen molar-refractivity contribution in [1.82, 2.24) is 4.90 Å². The van der Waals surface area contributed by atoms with Gasteiger partial charge in [0.2, 0.25) is 0 Å². The molecule has 0 bridgehead atoms. The zero-order chi connectivity index (χ0) is 16.9. The van der Waals surface area contributed by atoms with Gasteiger partial charge in [-0.3, -0.25) is 4.79 Å². The molecule has 2 aromatic carbocycles. The zero-order valence-corrected chi connectivity index (χ0v) is 13.9. The molecule has 0 spiro atoms. The summed E-state index contributed by atoms with van der Waals surface area (Å²) in [7, 11) is 0. The van der Waals surface area contributed by atoms with Gasteiger partial charge in [-0.1, -0.05) is 36.4 Å². The molecule has 1 aliphatic rings. The van der Waals surface area contributed by atoms with Gasteiger partial charge in [0.25, 0.3) is 5.91 Å². The highest BCUT2D eigenvalue weighted by atomic mass is 16.5. The van der Waals surface area contributed by atoms with Gasteiger partial charge in [0.1, 0.15) is 5.75 Å². The van der Waals surface area contributed by atoms with Crippen molar-refractivity contribution in [3.63, 3.8) is 0 Å². The van der Waals surface area contributed by atoms with E-state index in [-0.39, 0.29) is 17.8 Å². The van der Waals surface area contributed by atoms with Crippen LogP contribution in [0.5, 0.6) is 5.75 Å². The molecule has 1 aliphatic heterocycles. The van der Waals surface area contributed by atoms with Gasteiger partial charge in [-0.25, -0.2) is 0 Å². The van der Waals surface area contributed by atoms with E-state index in [1.807, 2.05) is 43.3 Å². The highest BCUT2D eigenvalue weighted by molar-refractivity contribution is 5.95. The van der Waals surface area contributed by atoms with Crippen molar-refractivity contribution in [2.75, 3.05) is 13.2 Å². The Morgan fingerprint density at radius 3 is 2.67 bits per heavy atom. The largest absolute Gasteiger partial charge is 0.508 e. The minimum Gasteiger partial charge on any atom is -0.508 e. The molecule has 0 saturated carbocycles. The Bertz CT molecular complexity index is 708. The van der Waals surface area contributed by atoms with E-state index >= 15 is 0 Å². The molecule has 4 heteroatoms. The van der Waals surface area contributed by atoms with Crippen molar-refractivity contribution in [3.8, 4) is 5.75 Å². The fourth-order valence-electron chi connectivity index (χ4n) is 3.09. The van der Waals surface area contributed by atoms with Gasteiger partial charge in [0.05, 0.1) is 6.10 Å². The van der Waals surface area contributed by atoms with Crippen molar-refractivity contribution in [3.05, 3.63) is 65.2 Å². The molecular weight excluding hydrogens is 302 g/mol. The van der Waals surface area contributed by atoms with Crippen LogP contribution in [0.3, 0.4) is 0 Å². The van der Waals surface area contributed by atoms with Crippen LogP contribution in [0.1, 0.15) is 34.3 Å². The molecule has 1 heterocycles. The quantitative estimate of drug-likeness (QED) is 0.915. The number of phenolic OH excluding ortho intramolecular Hbond substituents is 1. The number of para-hydroxylation sites is 1. The first kappa shape index (κ1) is 16.5. The molecule has 1 atom stereocenters. The summed E-state index contributed by atoms with van der Waals surface area (Å²) in [5.74, 6) is 0.194. The molecule has 24 heavy (non-hydrogen) atoms. The van der Waals surface area contributed by atoms with Gasteiger partial charge in [-0.2, -0.15) is 0 Å². The van der Waals surface area contributed by atoms with Crippen LogP contribution in [0.15, 0.2) is 48.5 Å². The number of rotatable bonds is 5. The highest BCUT2D eigenvalue weighted by Gasteiger charge is 2.25. The molecular formula is C20H23NO3. The van der Waals surface area contributed by atoms with E-state index in [4.69, 9.17) is 4.74 Å². The number of carbonyl (C=O) groups excluding carboxylic acids is 1. The molecule has 1 saturated heterocycles. The number of amides is 1. The average Bonchev–Trinajstić information content (AvgIpc) is 3.09. The van der Waals surface area contributed by atoms with Crippen molar-refractivity contribution in [1.29, 1.82) is 0 Å². The third kappa shape index (κ3) is 3.77. The first-order valence-electron chi connectivity index (χ1n) is 8.38. The van der Waals surface area contributed by atoms with Crippen LogP contribution in [0.4, 0.5) is 0 Å². The Labute approximate surface area is 142 Å². The lowest BCUT2D eigenvalue weighted by molar-refractivity contribution is 0.0505. The fraction of sp³-hybridized carbons (Fsp3) is 0.350. The lowest BCUT2D eigenvalue weighted by atomic mass is 10.1. The summed E-state index contributed by atoms with van der Waals surface area (Å²) in [5, 5.41) is 10.1. The fourth-order valence-corrected chi connectivity index (χ4v) is 3.09. The lowest BCUT2D eigenvalue weighted by Gasteiger charge is -2.26. The number of phenols is 1. The molecule has 1 amide bonds. The maximum atomic E-state index is 13.1. The maximum Gasteiger partial charge on any atom is 0.254 e. The van der Waals surface area contributed by atoms with Crippen molar-refractivity contribution >= 4 is 5.91 Å². The summed E-state index contributed by atoms with van der Waals surface area (Å²) in [4.78, 5) is 14.8. The molecule has 2 aromatic rings. The van der Waals surface area contributed by atoms with Crippen LogP contribution >= 0.6 is 0 Å². The molecule has 3 rings (SSSR count). The third-order valence-corrected chi connectivity index (χ3v) is 4.46. The van der Waals surface area contributed by atoms with Crippen LogP contribution in [0.25, 0.3) is 0 Å². The van der Waals surface area contributed by atoms with Gasteiger partial charge in [-0.15, -0.1) is 0 Å². The maximum absolute atomic E-state index is 13.1. The van der Waals surface area contributed by atoms with Crippen LogP contribution in [-0.4, -0.2) is 35.2 Å². The number of hydrogen-bond acceptors (Lipinski definition) is 3. The summed E-state index contributed by atoms with van der Waals surface area (Å²) >= 11 is 0. The number of nitrogens with zero attached hydrogens (tertiary/aromatic N) is 1. The van der Waals surface area contributed by atoms with E-state index in [1.54, 1.807) is 17.0 Å². The summed E-state index contributed by atoms with van der Waals surface area (Å²) in [6.07, 6.45) is 2.08. The second-order valence-corrected chi connectivity index (χ2v) is 6.26. The molecule has 126 valence electrons. The minimum absolute atomic E-state index is 0.0214. The lowest BCUT2D eigenvalue weighted by Crippen LogP contribution is -2.37. The minimum atomic E-state index is -0.0214. The number of ether oxygens (including phenoxy) is 1. The molecule has 0 aromatic heterocycles. The number of aromatic hydroxyl groups is 1. The third-order valence-electron chi connectivity index (χ3n) is 4.46. The Hall–Kier alpha value is -2.33. The predicted octanol–water partition coefficient (Wildman–Crippen LogP) is 3.52. The first-order chi connectivity index (χ1) is 11.6. The monoisotopic (exact) mass is 325 g/mol. The average molecular weight is 325 g/mol. The van der Waals surface area contributed by atoms with E-state index in [2.05, 4.69) is 0 Å². The Balaban J connectivity index is 1.85. The standard InChI is InChI=1S/C20H23NO3/c1-15-7-2-4-10-18(15)20(23)21(14-17-9-6-12-24-17)13-16-8-3-5-11-19(16)22/h2-5,7-8,10-11,17,22H,6,9,12-14H2,1H3. The second-order valence-electron chi connectivity index (χ2n) is 6.26. The van der Waals surface area contributed by atoms with Crippen molar-refractivity contribution in [2.24, 2.45) is 0 Å². The van der Waals surface area contributed by atoms with Gasteiger partial charge < -0.3 is 14.7 Å². The van der Waals surface area contributed by atoms with E-state index < -0.39 is 0 Å². The van der Waals surface area contributed by atoms with Crippen molar-refractivity contribution < 1.29 is 14.6 Å². The Morgan fingerprint density at radius 1 is 1.21 bits per heavy atom. The highest BCUT2D eigenvalue weighted by Crippen LogP contribution is 2.22. The molecule has 1 unspecified atom stereocenters. The van der Waals surface area contributed by atoms with Gasteiger partial charge in [0, 0.05) is 30.8 Å². The second kappa shape index (κ2) is 7.49. The summed E-state index contributed by atoms with van der Waals surface area (Å²) in [5.41, 5.74) is 2.40. The van der Waals surface area contributed by atoms with Crippen LogP contribution in [0, 0.1) is 6.92 Å². The van der Waals surface area contributed by atoms with Gasteiger partial charge in [0.15, 0.2) is 0 Å². The number of benzene rings is 2. The predicted molar refractivity (Wildman–Crippen MR) is 93.0 cm³/mol. The Morgan fingerprint density at radius 2 is 1.96 bits per heavy atom.